The lowest BCUT2D eigenvalue weighted by molar-refractivity contribution is 0.0700. The van der Waals surface area contributed by atoms with Gasteiger partial charge >= 0.3 is 0 Å². The Morgan fingerprint density at radius 3 is 2.70 bits per heavy atom. The number of fused-ring (bicyclic) bond motifs is 2. The van der Waals surface area contributed by atoms with Crippen LogP contribution in [-0.4, -0.2) is 53.4 Å². The maximum absolute atomic E-state index is 12.9. The predicted octanol–water partition coefficient (Wildman–Crippen LogP) is 3.36. The molecule has 1 fully saturated rings. The van der Waals surface area contributed by atoms with Crippen LogP contribution in [0.4, 0.5) is 0 Å². The van der Waals surface area contributed by atoms with Crippen LogP contribution in [-0.2, 0) is 0 Å². The number of halogens is 1. The van der Waals surface area contributed by atoms with Crippen LogP contribution in [0.15, 0.2) is 30.5 Å². The van der Waals surface area contributed by atoms with E-state index in [0.29, 0.717) is 29.5 Å². The summed E-state index contributed by atoms with van der Waals surface area (Å²) in [6, 6.07) is 7.82. The molecule has 9 heteroatoms. The van der Waals surface area contributed by atoms with Gasteiger partial charge in [-0.05, 0) is 51.0 Å². The highest BCUT2D eigenvalue weighted by molar-refractivity contribution is 6.31. The molecule has 4 aromatic rings. The summed E-state index contributed by atoms with van der Waals surface area (Å²) >= 11 is 6.00. The van der Waals surface area contributed by atoms with Gasteiger partial charge in [-0.15, -0.1) is 5.10 Å². The molecule has 5 heterocycles. The Morgan fingerprint density at radius 2 is 1.90 bits per heavy atom. The first-order chi connectivity index (χ1) is 14.5. The minimum Gasteiger partial charge on any atom is -0.336 e. The Kier molecular flexibility index (Phi) is 4.58. The fraction of sp³-hybridized carbons (Fsp3) is 0.333. The molecule has 0 bridgehead atoms. The number of nitrogens with zero attached hydrogens (tertiary/aromatic N) is 7. The third-order valence-corrected chi connectivity index (χ3v) is 5.75. The lowest BCUT2D eigenvalue weighted by atomic mass is 9.93. The van der Waals surface area contributed by atoms with E-state index in [4.69, 9.17) is 16.6 Å². The molecule has 152 valence electrons. The number of aromatic nitrogens is 6. The lowest BCUT2D eigenvalue weighted by Crippen LogP contribution is -2.38. The maximum atomic E-state index is 12.9. The van der Waals surface area contributed by atoms with Gasteiger partial charge in [-0.25, -0.2) is 19.5 Å². The number of piperidine rings is 1. The number of carbonyl (C=O) groups excluding carboxylic acids is 1. The lowest BCUT2D eigenvalue weighted by Gasteiger charge is -2.31. The summed E-state index contributed by atoms with van der Waals surface area (Å²) in [5, 5.41) is 5.90. The molecule has 8 nitrogen and oxygen atoms in total. The van der Waals surface area contributed by atoms with Gasteiger partial charge in [0, 0.05) is 47.7 Å². The highest BCUT2D eigenvalue weighted by Crippen LogP contribution is 2.28. The van der Waals surface area contributed by atoms with Crippen molar-refractivity contribution in [1.29, 1.82) is 0 Å². The van der Waals surface area contributed by atoms with E-state index in [-0.39, 0.29) is 17.6 Å². The average Bonchev–Trinajstić information content (AvgIpc) is 3.17. The van der Waals surface area contributed by atoms with Crippen molar-refractivity contribution in [3.05, 3.63) is 58.4 Å². The van der Waals surface area contributed by atoms with Gasteiger partial charge in [0.2, 0.25) is 5.82 Å². The van der Waals surface area contributed by atoms with Crippen molar-refractivity contribution in [3.8, 4) is 0 Å². The Labute approximate surface area is 177 Å². The molecule has 0 aromatic carbocycles. The van der Waals surface area contributed by atoms with Crippen LogP contribution in [0.25, 0.3) is 16.8 Å². The molecular weight excluding hydrogens is 402 g/mol. The molecule has 1 aliphatic rings. The quantitative estimate of drug-likeness (QED) is 0.493. The summed E-state index contributed by atoms with van der Waals surface area (Å²) in [6.45, 7) is 5.10. The second kappa shape index (κ2) is 7.28. The van der Waals surface area contributed by atoms with E-state index >= 15 is 0 Å². The maximum Gasteiger partial charge on any atom is 0.293 e. The number of hydrogen-bond acceptors (Lipinski definition) is 6. The molecule has 30 heavy (non-hydrogen) atoms. The number of carbonyl (C=O) groups is 1. The van der Waals surface area contributed by atoms with Gasteiger partial charge in [0.15, 0.2) is 5.65 Å². The van der Waals surface area contributed by atoms with E-state index in [0.717, 1.165) is 35.3 Å². The minimum absolute atomic E-state index is 0.154. The third-order valence-electron chi connectivity index (χ3n) is 5.54. The molecule has 5 rings (SSSR count). The fourth-order valence-electron chi connectivity index (χ4n) is 4.00. The molecule has 0 saturated carbocycles. The molecule has 0 unspecified atom stereocenters. The Hall–Kier alpha value is -3.13. The predicted molar refractivity (Wildman–Crippen MR) is 113 cm³/mol. The molecule has 1 saturated heterocycles. The van der Waals surface area contributed by atoms with E-state index in [1.54, 1.807) is 10.7 Å². The van der Waals surface area contributed by atoms with E-state index in [9.17, 15) is 4.79 Å². The summed E-state index contributed by atoms with van der Waals surface area (Å²) in [4.78, 5) is 32.5. The Morgan fingerprint density at radius 1 is 1.10 bits per heavy atom. The number of pyridine rings is 2. The normalized spacial score (nSPS) is 15.2. The monoisotopic (exact) mass is 421 g/mol. The van der Waals surface area contributed by atoms with Crippen LogP contribution in [0.3, 0.4) is 0 Å². The Bertz CT molecular complexity index is 1280. The van der Waals surface area contributed by atoms with Crippen LogP contribution in [0.5, 0.6) is 0 Å². The molecule has 1 amide bonds. The second-order valence-electron chi connectivity index (χ2n) is 7.69. The first kappa shape index (κ1) is 18.9. The van der Waals surface area contributed by atoms with Crippen LogP contribution >= 0.6 is 11.6 Å². The second-order valence-corrected chi connectivity index (χ2v) is 8.13. The zero-order valence-electron chi connectivity index (χ0n) is 16.7. The highest BCUT2D eigenvalue weighted by Gasteiger charge is 2.28. The molecule has 0 atom stereocenters. The summed E-state index contributed by atoms with van der Waals surface area (Å²) in [7, 11) is 0. The minimum atomic E-state index is -0.154. The number of aryl methyl sites for hydroxylation is 2. The molecule has 0 spiro atoms. The summed E-state index contributed by atoms with van der Waals surface area (Å²) < 4.78 is 1.62. The molecule has 0 N–H and O–H groups in total. The zero-order chi connectivity index (χ0) is 20.8. The van der Waals surface area contributed by atoms with Crippen molar-refractivity contribution < 1.29 is 4.79 Å². The van der Waals surface area contributed by atoms with Crippen molar-refractivity contribution in [2.24, 2.45) is 0 Å². The van der Waals surface area contributed by atoms with E-state index in [1.807, 2.05) is 43.0 Å². The summed E-state index contributed by atoms with van der Waals surface area (Å²) in [5.41, 5.74) is 3.46. The molecular formula is C21H20ClN7O. The van der Waals surface area contributed by atoms with Crippen LogP contribution in [0.1, 0.15) is 46.5 Å². The van der Waals surface area contributed by atoms with Gasteiger partial charge in [-0.1, -0.05) is 11.6 Å². The number of rotatable bonds is 2. The SMILES string of the molecule is Cc1cc(C)n2nc(C(=O)N3CCC(c4ccc5cc(Cl)cnc5n4)CC3)nc2n1. The first-order valence-corrected chi connectivity index (χ1v) is 10.3. The van der Waals surface area contributed by atoms with Gasteiger partial charge < -0.3 is 4.90 Å². The van der Waals surface area contributed by atoms with E-state index in [1.165, 1.54) is 0 Å². The van der Waals surface area contributed by atoms with Crippen molar-refractivity contribution in [2.45, 2.75) is 32.6 Å². The molecule has 0 aliphatic carbocycles. The Balaban J connectivity index is 1.31. The van der Waals surface area contributed by atoms with Gasteiger partial charge in [0.05, 0.1) is 5.02 Å². The molecule has 0 radical (unpaired) electrons. The third kappa shape index (κ3) is 3.37. The average molecular weight is 422 g/mol. The van der Waals surface area contributed by atoms with Gasteiger partial charge in [-0.3, -0.25) is 4.79 Å². The molecule has 1 aliphatic heterocycles. The van der Waals surface area contributed by atoms with Crippen LogP contribution in [0.2, 0.25) is 5.02 Å². The van der Waals surface area contributed by atoms with Gasteiger partial charge in [0.1, 0.15) is 0 Å². The topological polar surface area (TPSA) is 89.2 Å². The smallest absolute Gasteiger partial charge is 0.293 e. The zero-order valence-corrected chi connectivity index (χ0v) is 17.5. The fourth-order valence-corrected chi connectivity index (χ4v) is 4.17. The van der Waals surface area contributed by atoms with Gasteiger partial charge in [0.25, 0.3) is 11.7 Å². The van der Waals surface area contributed by atoms with Crippen molar-refractivity contribution in [1.82, 2.24) is 34.4 Å². The largest absolute Gasteiger partial charge is 0.336 e. The highest BCUT2D eigenvalue weighted by atomic mass is 35.5. The van der Waals surface area contributed by atoms with E-state index < -0.39 is 0 Å². The van der Waals surface area contributed by atoms with Crippen molar-refractivity contribution in [2.75, 3.05) is 13.1 Å². The summed E-state index contributed by atoms with van der Waals surface area (Å²) in [5.74, 6) is 0.786. The van der Waals surface area contributed by atoms with Gasteiger partial charge in [-0.2, -0.15) is 4.98 Å². The number of hydrogen-bond donors (Lipinski definition) is 0. The number of amides is 1. The summed E-state index contributed by atoms with van der Waals surface area (Å²) in [6.07, 6.45) is 3.28. The van der Waals surface area contributed by atoms with Crippen LogP contribution < -0.4 is 0 Å². The van der Waals surface area contributed by atoms with Crippen molar-refractivity contribution >= 4 is 34.3 Å². The standard InChI is InChI=1S/C21H20ClN7O/c1-12-9-13(2)29-21(24-12)26-19(27-29)20(30)28-7-5-14(6-8-28)17-4-3-15-10-16(22)11-23-18(15)25-17/h3-4,9-11,14H,5-8H2,1-2H3. The van der Waals surface area contributed by atoms with E-state index in [2.05, 4.69) is 20.1 Å². The first-order valence-electron chi connectivity index (χ1n) is 9.90. The molecule has 4 aromatic heterocycles. The van der Waals surface area contributed by atoms with Crippen molar-refractivity contribution in [3.63, 3.8) is 0 Å². The number of likely N-dealkylation sites (tertiary alicyclic amines) is 1. The van der Waals surface area contributed by atoms with Crippen LogP contribution in [0, 0.1) is 13.8 Å².